The Bertz CT molecular complexity index is 934. The summed E-state index contributed by atoms with van der Waals surface area (Å²) in [6, 6.07) is 18.6. The summed E-state index contributed by atoms with van der Waals surface area (Å²) >= 11 is 1.61. The molecule has 4 rings (SSSR count). The van der Waals surface area contributed by atoms with Crippen LogP contribution in [-0.2, 0) is 0 Å². The number of nitrogen functional groups attached to an aromatic ring is 1. The van der Waals surface area contributed by atoms with Crippen LogP contribution >= 0.6 is 11.3 Å². The molecule has 0 amide bonds. The predicted molar refractivity (Wildman–Crippen MR) is 93.1 cm³/mol. The largest absolute Gasteiger partial charge is 0.383 e. The van der Waals surface area contributed by atoms with Crippen LogP contribution in [0.1, 0.15) is 5.56 Å². The van der Waals surface area contributed by atoms with Gasteiger partial charge in [0.1, 0.15) is 11.5 Å². The number of benzene rings is 2. The molecule has 0 unspecified atom stereocenters. The van der Waals surface area contributed by atoms with Crippen molar-refractivity contribution in [3.63, 3.8) is 0 Å². The summed E-state index contributed by atoms with van der Waals surface area (Å²) in [5.74, 6) is 0.693. The number of hydrogen-bond donors (Lipinski definition) is 1. The van der Waals surface area contributed by atoms with E-state index in [1.165, 1.54) is 5.56 Å². The first-order chi connectivity index (χ1) is 10.7. The molecule has 0 saturated heterocycles. The summed E-state index contributed by atoms with van der Waals surface area (Å²) < 4.78 is 2.04. The molecule has 4 heteroatoms. The van der Waals surface area contributed by atoms with E-state index >= 15 is 0 Å². The van der Waals surface area contributed by atoms with Crippen LogP contribution in [0.4, 0.5) is 5.82 Å². The lowest BCUT2D eigenvalue weighted by Crippen LogP contribution is -1.95. The maximum absolute atomic E-state index is 6.39. The van der Waals surface area contributed by atoms with Crippen molar-refractivity contribution in [3.05, 3.63) is 65.5 Å². The highest BCUT2D eigenvalue weighted by Gasteiger charge is 2.16. The molecule has 0 bridgehead atoms. The molecular weight excluding hydrogens is 290 g/mol. The number of aromatic nitrogens is 2. The summed E-state index contributed by atoms with van der Waals surface area (Å²) in [5.41, 5.74) is 11.8. The zero-order chi connectivity index (χ0) is 15.1. The lowest BCUT2D eigenvalue weighted by Gasteiger charge is -2.03. The summed E-state index contributed by atoms with van der Waals surface area (Å²) in [6.45, 7) is 2.09. The van der Waals surface area contributed by atoms with Crippen LogP contribution in [-0.4, -0.2) is 9.38 Å². The number of anilines is 1. The monoisotopic (exact) mass is 305 g/mol. The highest BCUT2D eigenvalue weighted by Crippen LogP contribution is 2.34. The van der Waals surface area contributed by atoms with Gasteiger partial charge in [0, 0.05) is 10.9 Å². The van der Waals surface area contributed by atoms with Gasteiger partial charge in [-0.25, -0.2) is 4.98 Å². The van der Waals surface area contributed by atoms with E-state index in [0.29, 0.717) is 5.82 Å². The van der Waals surface area contributed by atoms with Gasteiger partial charge in [-0.2, -0.15) is 0 Å². The van der Waals surface area contributed by atoms with Crippen molar-refractivity contribution in [2.24, 2.45) is 0 Å². The van der Waals surface area contributed by atoms with Gasteiger partial charge in [0.25, 0.3) is 0 Å². The minimum absolute atomic E-state index is 0.693. The number of hydrogen-bond acceptors (Lipinski definition) is 3. The molecule has 0 atom stereocenters. The second kappa shape index (κ2) is 5.00. The number of fused-ring (bicyclic) bond motifs is 1. The number of imidazole rings is 1. The molecule has 2 heterocycles. The third kappa shape index (κ3) is 2.00. The fourth-order valence-corrected chi connectivity index (χ4v) is 3.52. The molecule has 4 aromatic rings. The van der Waals surface area contributed by atoms with Gasteiger partial charge < -0.3 is 5.73 Å². The molecule has 0 aliphatic rings. The van der Waals surface area contributed by atoms with Gasteiger partial charge in [-0.05, 0) is 12.5 Å². The van der Waals surface area contributed by atoms with Crippen LogP contribution in [0.5, 0.6) is 0 Å². The first-order valence-corrected chi connectivity index (χ1v) is 8.00. The smallest absolute Gasteiger partial charge is 0.196 e. The Morgan fingerprint density at radius 3 is 2.41 bits per heavy atom. The fraction of sp³-hybridized carbons (Fsp3) is 0.0556. The molecule has 22 heavy (non-hydrogen) atoms. The Morgan fingerprint density at radius 1 is 0.955 bits per heavy atom. The normalized spacial score (nSPS) is 11.1. The van der Waals surface area contributed by atoms with E-state index < -0.39 is 0 Å². The summed E-state index contributed by atoms with van der Waals surface area (Å²) in [7, 11) is 0. The zero-order valence-electron chi connectivity index (χ0n) is 12.2. The van der Waals surface area contributed by atoms with E-state index in [1.807, 2.05) is 34.7 Å². The van der Waals surface area contributed by atoms with E-state index in [0.717, 1.165) is 27.5 Å². The van der Waals surface area contributed by atoms with Crippen molar-refractivity contribution in [3.8, 4) is 22.5 Å². The first kappa shape index (κ1) is 13.1. The maximum atomic E-state index is 6.39. The molecular formula is C18H15N3S. The number of rotatable bonds is 2. The summed E-state index contributed by atoms with van der Waals surface area (Å²) in [6.07, 6.45) is 0. The van der Waals surface area contributed by atoms with E-state index in [4.69, 9.17) is 10.7 Å². The maximum Gasteiger partial charge on any atom is 0.196 e. The Labute approximate surface area is 132 Å². The molecule has 0 spiro atoms. The quantitative estimate of drug-likeness (QED) is 0.587. The summed E-state index contributed by atoms with van der Waals surface area (Å²) in [5, 5.41) is 2.11. The van der Waals surface area contributed by atoms with Crippen molar-refractivity contribution in [2.45, 2.75) is 6.92 Å². The van der Waals surface area contributed by atoms with Crippen molar-refractivity contribution in [1.82, 2.24) is 9.38 Å². The van der Waals surface area contributed by atoms with Crippen molar-refractivity contribution in [1.29, 1.82) is 0 Å². The molecule has 0 aliphatic heterocycles. The van der Waals surface area contributed by atoms with Crippen LogP contribution in [0.2, 0.25) is 0 Å². The lowest BCUT2D eigenvalue weighted by atomic mass is 10.1. The van der Waals surface area contributed by atoms with Gasteiger partial charge in [0.2, 0.25) is 0 Å². The Hall–Kier alpha value is -2.59. The van der Waals surface area contributed by atoms with E-state index in [2.05, 4.69) is 36.6 Å². The van der Waals surface area contributed by atoms with Crippen LogP contribution in [0.3, 0.4) is 0 Å². The average Bonchev–Trinajstić information content (AvgIpc) is 3.10. The van der Waals surface area contributed by atoms with Gasteiger partial charge in [0.05, 0.1) is 5.69 Å². The van der Waals surface area contributed by atoms with E-state index in [-0.39, 0.29) is 0 Å². The SMILES string of the molecule is Cc1ccc(-c2csc3nc(-c4ccccc4)c(N)n23)cc1. The number of nitrogens with zero attached hydrogens (tertiary/aromatic N) is 2. The van der Waals surface area contributed by atoms with Gasteiger partial charge in [-0.15, -0.1) is 11.3 Å². The number of aryl methyl sites for hydroxylation is 1. The third-order valence-corrected chi connectivity index (χ3v) is 4.62. The Balaban J connectivity index is 1.92. The molecule has 3 nitrogen and oxygen atoms in total. The van der Waals surface area contributed by atoms with E-state index in [1.54, 1.807) is 11.3 Å². The standard InChI is InChI=1S/C18H15N3S/c1-12-7-9-13(10-8-12)15-11-22-18-20-16(17(19)21(15)18)14-5-3-2-4-6-14/h2-11H,19H2,1H3. The Kier molecular flexibility index (Phi) is 2.98. The van der Waals surface area contributed by atoms with Gasteiger partial charge >= 0.3 is 0 Å². The summed E-state index contributed by atoms with van der Waals surface area (Å²) in [4.78, 5) is 5.63. The van der Waals surface area contributed by atoms with E-state index in [9.17, 15) is 0 Å². The average molecular weight is 305 g/mol. The molecule has 0 fully saturated rings. The zero-order valence-corrected chi connectivity index (χ0v) is 13.0. The third-order valence-electron chi connectivity index (χ3n) is 3.79. The molecule has 2 N–H and O–H groups in total. The van der Waals surface area contributed by atoms with Crippen LogP contribution in [0.25, 0.3) is 27.5 Å². The van der Waals surface area contributed by atoms with Crippen molar-refractivity contribution >= 4 is 22.1 Å². The van der Waals surface area contributed by atoms with Gasteiger partial charge in [-0.3, -0.25) is 4.40 Å². The molecule has 0 aliphatic carbocycles. The van der Waals surface area contributed by atoms with Gasteiger partial charge in [-0.1, -0.05) is 60.2 Å². The minimum Gasteiger partial charge on any atom is -0.383 e. The van der Waals surface area contributed by atoms with Crippen LogP contribution in [0, 0.1) is 6.92 Å². The minimum atomic E-state index is 0.693. The number of nitrogens with two attached hydrogens (primary N) is 1. The first-order valence-electron chi connectivity index (χ1n) is 7.12. The van der Waals surface area contributed by atoms with Crippen molar-refractivity contribution < 1.29 is 0 Å². The number of thiazole rings is 1. The van der Waals surface area contributed by atoms with Gasteiger partial charge in [0.15, 0.2) is 4.96 Å². The molecule has 108 valence electrons. The fourth-order valence-electron chi connectivity index (χ4n) is 2.61. The van der Waals surface area contributed by atoms with Crippen LogP contribution in [0.15, 0.2) is 60.0 Å². The predicted octanol–water partition coefficient (Wildman–Crippen LogP) is 4.62. The second-order valence-electron chi connectivity index (χ2n) is 5.32. The lowest BCUT2D eigenvalue weighted by molar-refractivity contribution is 1.24. The highest BCUT2D eigenvalue weighted by atomic mass is 32.1. The molecule has 2 aromatic carbocycles. The molecule has 0 saturated carbocycles. The topological polar surface area (TPSA) is 43.3 Å². The van der Waals surface area contributed by atoms with Crippen molar-refractivity contribution in [2.75, 3.05) is 5.73 Å². The second-order valence-corrected chi connectivity index (χ2v) is 6.15. The molecule has 0 radical (unpaired) electrons. The molecule has 2 aromatic heterocycles. The Morgan fingerprint density at radius 2 is 1.68 bits per heavy atom. The van der Waals surface area contributed by atoms with Crippen LogP contribution < -0.4 is 5.73 Å². The highest BCUT2D eigenvalue weighted by molar-refractivity contribution is 7.15.